The number of halogens is 5. The second kappa shape index (κ2) is 4.99. The van der Waals surface area contributed by atoms with E-state index in [1.54, 1.807) is 0 Å². The first-order valence-electron chi connectivity index (χ1n) is 4.03. The molecule has 0 aromatic heterocycles. The van der Waals surface area contributed by atoms with Crippen LogP contribution in [0.15, 0.2) is 18.2 Å². The Kier molecular flexibility index (Phi) is 4.07. The Labute approximate surface area is 103 Å². The number of amides is 2. The fourth-order valence-corrected chi connectivity index (χ4v) is 1.20. The van der Waals surface area contributed by atoms with E-state index < -0.39 is 12.3 Å². The molecule has 17 heavy (non-hydrogen) atoms. The van der Waals surface area contributed by atoms with Gasteiger partial charge in [0.1, 0.15) is 0 Å². The van der Waals surface area contributed by atoms with E-state index in [2.05, 4.69) is 0 Å². The first-order valence-corrected chi connectivity index (χ1v) is 4.79. The Morgan fingerprint density at radius 1 is 1.29 bits per heavy atom. The molecule has 94 valence electrons. The van der Waals surface area contributed by atoms with Gasteiger partial charge >= 0.3 is 12.3 Å². The topological polar surface area (TPSA) is 52.6 Å². The maximum atomic E-state index is 11.8. The van der Waals surface area contributed by atoms with Crippen LogP contribution >= 0.6 is 23.2 Å². The number of alkyl halides is 3. The quantitative estimate of drug-likeness (QED) is 0.473. The Hall–Kier alpha value is -1.18. The molecular formula is C8H5Cl2F3N2O2. The molecule has 2 N–H and O–H groups in total. The lowest BCUT2D eigenvalue weighted by Gasteiger charge is -2.17. The molecule has 0 aliphatic heterocycles. The SMILES string of the molecule is O=C(NC(F)(F)F)N(O)c1ccc(Cl)c(Cl)c1. The van der Waals surface area contributed by atoms with Crippen LogP contribution in [0.5, 0.6) is 0 Å². The lowest BCUT2D eigenvalue weighted by Crippen LogP contribution is -2.45. The van der Waals surface area contributed by atoms with Crippen LogP contribution in [0.4, 0.5) is 23.7 Å². The van der Waals surface area contributed by atoms with Crippen molar-refractivity contribution in [2.75, 3.05) is 5.06 Å². The fraction of sp³-hybridized carbons (Fsp3) is 0.125. The molecule has 0 unspecified atom stereocenters. The number of hydroxylamine groups is 1. The summed E-state index contributed by atoms with van der Waals surface area (Å²) in [6.07, 6.45) is -4.94. The summed E-state index contributed by atoms with van der Waals surface area (Å²) in [5.41, 5.74) is -0.249. The second-order valence-electron chi connectivity index (χ2n) is 2.84. The molecule has 2 amide bonds. The average Bonchev–Trinajstić information content (AvgIpc) is 2.18. The third-order valence-corrected chi connectivity index (χ3v) is 2.33. The zero-order valence-electron chi connectivity index (χ0n) is 7.92. The molecule has 0 aliphatic rings. The first-order chi connectivity index (χ1) is 7.70. The van der Waals surface area contributed by atoms with Crippen molar-refractivity contribution in [2.45, 2.75) is 6.30 Å². The van der Waals surface area contributed by atoms with E-state index >= 15 is 0 Å². The van der Waals surface area contributed by atoms with Crippen molar-refractivity contribution >= 4 is 34.9 Å². The Morgan fingerprint density at radius 3 is 2.35 bits per heavy atom. The van der Waals surface area contributed by atoms with Gasteiger partial charge < -0.3 is 0 Å². The number of benzene rings is 1. The number of nitrogens with one attached hydrogen (secondary N) is 1. The summed E-state index contributed by atoms with van der Waals surface area (Å²) in [4.78, 5) is 10.9. The molecule has 1 aromatic rings. The van der Waals surface area contributed by atoms with Crippen molar-refractivity contribution in [3.8, 4) is 0 Å². The van der Waals surface area contributed by atoms with Gasteiger partial charge in [-0.1, -0.05) is 23.2 Å². The maximum Gasteiger partial charge on any atom is 0.486 e. The van der Waals surface area contributed by atoms with Gasteiger partial charge in [-0.25, -0.2) is 10.1 Å². The molecule has 0 heterocycles. The first kappa shape index (κ1) is 13.9. The van der Waals surface area contributed by atoms with Gasteiger partial charge in [0.05, 0.1) is 15.7 Å². The van der Waals surface area contributed by atoms with Crippen LogP contribution in [0.3, 0.4) is 0 Å². The van der Waals surface area contributed by atoms with Gasteiger partial charge in [-0.15, -0.1) is 0 Å². The number of carbonyl (C=O) groups excluding carboxylic acids is 1. The highest BCUT2D eigenvalue weighted by Crippen LogP contribution is 2.26. The highest BCUT2D eigenvalue weighted by molar-refractivity contribution is 6.42. The van der Waals surface area contributed by atoms with Crippen molar-refractivity contribution in [1.82, 2.24) is 5.32 Å². The number of hydrogen-bond acceptors (Lipinski definition) is 2. The minimum absolute atomic E-state index is 0.0111. The van der Waals surface area contributed by atoms with Crippen molar-refractivity contribution in [1.29, 1.82) is 0 Å². The predicted octanol–water partition coefficient (Wildman–Crippen LogP) is 3.42. The molecule has 0 saturated carbocycles. The number of anilines is 1. The molecule has 0 fully saturated rings. The van der Waals surface area contributed by atoms with Crippen LogP contribution in [-0.2, 0) is 0 Å². The van der Waals surface area contributed by atoms with Gasteiger partial charge in [-0.05, 0) is 18.2 Å². The van der Waals surface area contributed by atoms with E-state index in [9.17, 15) is 23.2 Å². The second-order valence-corrected chi connectivity index (χ2v) is 3.65. The summed E-state index contributed by atoms with van der Waals surface area (Å²) in [5, 5.41) is 9.70. The largest absolute Gasteiger partial charge is 0.486 e. The maximum absolute atomic E-state index is 11.8. The lowest BCUT2D eigenvalue weighted by atomic mass is 10.3. The van der Waals surface area contributed by atoms with E-state index in [1.807, 2.05) is 0 Å². The van der Waals surface area contributed by atoms with Crippen LogP contribution < -0.4 is 10.4 Å². The summed E-state index contributed by atoms with van der Waals surface area (Å²) < 4.78 is 35.4. The van der Waals surface area contributed by atoms with Gasteiger partial charge in [-0.2, -0.15) is 18.2 Å². The summed E-state index contributed by atoms with van der Waals surface area (Å²) in [6, 6.07) is 1.64. The molecule has 0 aliphatic carbocycles. The summed E-state index contributed by atoms with van der Waals surface area (Å²) >= 11 is 11.1. The number of urea groups is 1. The number of nitrogens with zero attached hydrogens (tertiary/aromatic N) is 1. The molecule has 0 spiro atoms. The monoisotopic (exact) mass is 288 g/mol. The highest BCUT2D eigenvalue weighted by Gasteiger charge is 2.32. The van der Waals surface area contributed by atoms with Crippen molar-refractivity contribution < 1.29 is 23.2 Å². The van der Waals surface area contributed by atoms with Gasteiger partial charge in [-0.3, -0.25) is 5.21 Å². The van der Waals surface area contributed by atoms with Crippen LogP contribution in [0, 0.1) is 0 Å². The molecular weight excluding hydrogens is 284 g/mol. The fourth-order valence-electron chi connectivity index (χ4n) is 0.908. The van der Waals surface area contributed by atoms with Crippen LogP contribution in [0.25, 0.3) is 0 Å². The normalized spacial score (nSPS) is 11.2. The number of rotatable bonds is 1. The highest BCUT2D eigenvalue weighted by atomic mass is 35.5. The third kappa shape index (κ3) is 3.95. The van der Waals surface area contributed by atoms with Crippen molar-refractivity contribution in [3.63, 3.8) is 0 Å². The predicted molar refractivity (Wildman–Crippen MR) is 55.3 cm³/mol. The smallest absolute Gasteiger partial charge is 0.280 e. The summed E-state index contributed by atoms with van der Waals surface area (Å²) in [5.74, 6) is 0. The molecule has 0 bridgehead atoms. The minimum Gasteiger partial charge on any atom is -0.280 e. The molecule has 0 atom stereocenters. The van der Waals surface area contributed by atoms with E-state index in [-0.39, 0.29) is 20.8 Å². The lowest BCUT2D eigenvalue weighted by molar-refractivity contribution is -0.146. The Morgan fingerprint density at radius 2 is 1.88 bits per heavy atom. The van der Waals surface area contributed by atoms with Crippen molar-refractivity contribution in [3.05, 3.63) is 28.2 Å². The van der Waals surface area contributed by atoms with Crippen LogP contribution in [-0.4, -0.2) is 17.5 Å². The molecule has 9 heteroatoms. The van der Waals surface area contributed by atoms with Crippen LogP contribution in [0.2, 0.25) is 10.0 Å². The van der Waals surface area contributed by atoms with Gasteiger partial charge in [0.15, 0.2) is 0 Å². The number of carbonyl (C=O) groups is 1. The summed E-state index contributed by atoms with van der Waals surface area (Å²) in [6.45, 7) is 0. The van der Waals surface area contributed by atoms with Crippen molar-refractivity contribution in [2.24, 2.45) is 0 Å². The van der Waals surface area contributed by atoms with E-state index in [0.29, 0.717) is 5.32 Å². The standard InChI is InChI=1S/C8H5Cl2F3N2O2/c9-5-2-1-4(3-6(5)10)15(17)7(16)14-8(11,12)13/h1-3,17H,(H,14,16). The molecule has 0 radical (unpaired) electrons. The van der Waals surface area contributed by atoms with Gasteiger partial charge in [0, 0.05) is 0 Å². The summed E-state index contributed by atoms with van der Waals surface area (Å²) in [7, 11) is 0. The Balaban J connectivity index is 2.85. The van der Waals surface area contributed by atoms with Crippen LogP contribution in [0.1, 0.15) is 0 Å². The molecule has 1 rings (SSSR count). The molecule has 0 saturated heterocycles. The zero-order chi connectivity index (χ0) is 13.2. The van der Waals surface area contributed by atoms with Gasteiger partial charge in [0.25, 0.3) is 0 Å². The minimum atomic E-state index is -4.94. The number of hydrogen-bond donors (Lipinski definition) is 2. The van der Waals surface area contributed by atoms with Gasteiger partial charge in [0.2, 0.25) is 0 Å². The third-order valence-electron chi connectivity index (χ3n) is 1.59. The Bertz CT molecular complexity index is 439. The van der Waals surface area contributed by atoms with E-state index in [0.717, 1.165) is 12.1 Å². The molecule has 4 nitrogen and oxygen atoms in total. The van der Waals surface area contributed by atoms with E-state index in [1.165, 1.54) is 6.07 Å². The average molecular weight is 289 g/mol. The van der Waals surface area contributed by atoms with E-state index in [4.69, 9.17) is 23.2 Å². The zero-order valence-corrected chi connectivity index (χ0v) is 9.44. The molecule has 1 aromatic carbocycles.